The Morgan fingerprint density at radius 2 is 2.13 bits per heavy atom. The van der Waals surface area contributed by atoms with Crippen LogP contribution in [0.15, 0.2) is 47.6 Å². The van der Waals surface area contributed by atoms with E-state index in [1.807, 2.05) is 42.5 Å². The normalized spacial score (nSPS) is 11.0. The fraction of sp³-hybridized carbons (Fsp3) is 0.0588. The molecule has 0 aliphatic heterocycles. The number of nitrogens with one attached hydrogen (secondary N) is 1. The summed E-state index contributed by atoms with van der Waals surface area (Å²) in [6.07, 6.45) is 1.18. The molecule has 0 unspecified atom stereocenters. The van der Waals surface area contributed by atoms with E-state index in [0.29, 0.717) is 10.7 Å². The molecule has 3 rings (SSSR count). The molecule has 2 aromatic carbocycles. The van der Waals surface area contributed by atoms with Gasteiger partial charge in [0, 0.05) is 10.9 Å². The second kappa shape index (κ2) is 6.42. The van der Waals surface area contributed by atoms with Gasteiger partial charge in [0.2, 0.25) is 0 Å². The third-order valence-corrected chi connectivity index (χ3v) is 3.64. The summed E-state index contributed by atoms with van der Waals surface area (Å²) in [5.74, 6) is -0.473. The van der Waals surface area contributed by atoms with Crippen LogP contribution in [0.4, 0.5) is 0 Å². The Morgan fingerprint density at radius 3 is 2.96 bits per heavy atom. The zero-order valence-corrected chi connectivity index (χ0v) is 12.7. The maximum atomic E-state index is 11.2. The molecule has 0 saturated heterocycles. The van der Waals surface area contributed by atoms with Crippen molar-refractivity contribution in [2.45, 2.75) is 6.42 Å². The first-order chi connectivity index (χ1) is 11.2. The van der Waals surface area contributed by atoms with Gasteiger partial charge in [-0.25, -0.2) is 10.4 Å². The van der Waals surface area contributed by atoms with E-state index >= 15 is 0 Å². The predicted octanol–water partition coefficient (Wildman–Crippen LogP) is 3.41. The molecular formula is C17H11ClN4O. The lowest BCUT2D eigenvalue weighted by Gasteiger charge is -2.06. The minimum Gasteiger partial charge on any atom is -0.272 e. The highest BCUT2D eigenvalue weighted by atomic mass is 35.5. The predicted molar refractivity (Wildman–Crippen MR) is 90.2 cm³/mol. The van der Waals surface area contributed by atoms with E-state index in [1.54, 1.807) is 6.07 Å². The smallest absolute Gasteiger partial charge is 0.254 e. The summed E-state index contributed by atoms with van der Waals surface area (Å²) in [7, 11) is 0. The number of hydrogen-bond acceptors (Lipinski definition) is 4. The number of hydrazone groups is 1. The zero-order chi connectivity index (χ0) is 16.2. The minimum absolute atomic E-state index is 0.244. The Hall–Kier alpha value is -2.97. The topological polar surface area (TPSA) is 78.1 Å². The molecule has 0 spiro atoms. The highest BCUT2D eigenvalue weighted by molar-refractivity contribution is 6.32. The van der Waals surface area contributed by atoms with Crippen molar-refractivity contribution in [1.29, 1.82) is 5.26 Å². The molecule has 1 N–H and O–H groups in total. The number of carbonyl (C=O) groups is 1. The number of pyridine rings is 1. The molecule has 23 heavy (non-hydrogen) atoms. The fourth-order valence-electron chi connectivity index (χ4n) is 2.29. The van der Waals surface area contributed by atoms with Crippen LogP contribution < -0.4 is 5.43 Å². The van der Waals surface area contributed by atoms with Crippen LogP contribution in [0.3, 0.4) is 0 Å². The van der Waals surface area contributed by atoms with Gasteiger partial charge >= 0.3 is 0 Å². The van der Waals surface area contributed by atoms with Crippen LogP contribution in [-0.2, 0) is 4.79 Å². The number of carbonyl (C=O) groups excluding carboxylic acids is 1. The highest BCUT2D eigenvalue weighted by Gasteiger charge is 2.06. The molecule has 0 aliphatic carbocycles. The van der Waals surface area contributed by atoms with E-state index < -0.39 is 5.91 Å². The molecule has 0 fully saturated rings. The lowest BCUT2D eigenvalue weighted by Crippen LogP contribution is -2.16. The SMILES string of the molecule is N#CCC(=O)N/N=C/c1cc2c(ccc3ccccc32)nc1Cl. The number of rotatable bonds is 3. The standard InChI is InChI=1S/C17H11ClN4O/c18-17-12(10-20-22-16(23)7-8-19)9-14-13-4-2-1-3-11(13)5-6-15(14)21-17/h1-6,9-10H,7H2,(H,22,23)/b20-10+. The van der Waals surface area contributed by atoms with E-state index in [4.69, 9.17) is 16.9 Å². The number of hydrogen-bond donors (Lipinski definition) is 1. The van der Waals surface area contributed by atoms with Crippen LogP contribution >= 0.6 is 11.6 Å². The third-order valence-electron chi connectivity index (χ3n) is 3.34. The Morgan fingerprint density at radius 1 is 1.30 bits per heavy atom. The molecule has 0 aliphatic rings. The van der Waals surface area contributed by atoms with E-state index in [1.165, 1.54) is 6.21 Å². The van der Waals surface area contributed by atoms with Crippen LogP contribution in [0.1, 0.15) is 12.0 Å². The first-order valence-electron chi connectivity index (χ1n) is 6.86. The molecule has 0 atom stereocenters. The molecule has 0 radical (unpaired) electrons. The van der Waals surface area contributed by atoms with Crippen molar-refractivity contribution >= 4 is 45.4 Å². The summed E-state index contributed by atoms with van der Waals surface area (Å²) in [5, 5.41) is 15.7. The third kappa shape index (κ3) is 3.12. The monoisotopic (exact) mass is 322 g/mol. The van der Waals surface area contributed by atoms with Gasteiger partial charge in [-0.2, -0.15) is 10.4 Å². The van der Waals surface area contributed by atoms with Crippen LogP contribution in [0.25, 0.3) is 21.7 Å². The molecule has 1 aromatic heterocycles. The summed E-state index contributed by atoms with van der Waals surface area (Å²) < 4.78 is 0. The lowest BCUT2D eigenvalue weighted by atomic mass is 10.0. The van der Waals surface area contributed by atoms with E-state index in [9.17, 15) is 4.79 Å². The van der Waals surface area contributed by atoms with Gasteiger partial charge in [-0.3, -0.25) is 4.79 Å². The summed E-state index contributed by atoms with van der Waals surface area (Å²) >= 11 is 6.16. The van der Waals surface area contributed by atoms with Gasteiger partial charge in [-0.1, -0.05) is 41.9 Å². The van der Waals surface area contributed by atoms with Crippen molar-refractivity contribution in [3.05, 3.63) is 53.2 Å². The van der Waals surface area contributed by atoms with Crippen molar-refractivity contribution in [3.63, 3.8) is 0 Å². The number of nitrogens with zero attached hydrogens (tertiary/aromatic N) is 3. The highest BCUT2D eigenvalue weighted by Crippen LogP contribution is 2.27. The fourth-order valence-corrected chi connectivity index (χ4v) is 2.49. The largest absolute Gasteiger partial charge is 0.272 e. The Balaban J connectivity index is 2.02. The number of fused-ring (bicyclic) bond motifs is 3. The van der Waals surface area contributed by atoms with Crippen LogP contribution in [0, 0.1) is 11.3 Å². The summed E-state index contributed by atoms with van der Waals surface area (Å²) in [4.78, 5) is 15.6. The van der Waals surface area contributed by atoms with E-state index in [-0.39, 0.29) is 6.42 Å². The van der Waals surface area contributed by atoms with Gasteiger partial charge in [0.15, 0.2) is 0 Å². The molecule has 6 heteroatoms. The molecule has 1 amide bonds. The second-order valence-electron chi connectivity index (χ2n) is 4.85. The van der Waals surface area contributed by atoms with E-state index in [2.05, 4.69) is 15.5 Å². The number of halogens is 1. The number of amides is 1. The Labute approximate surface area is 137 Å². The van der Waals surface area contributed by atoms with E-state index in [0.717, 1.165) is 21.7 Å². The summed E-state index contributed by atoms with van der Waals surface area (Å²) in [6, 6.07) is 15.5. The van der Waals surface area contributed by atoms with Crippen molar-refractivity contribution in [1.82, 2.24) is 10.4 Å². The van der Waals surface area contributed by atoms with Gasteiger partial charge in [0.25, 0.3) is 5.91 Å². The molecule has 0 saturated carbocycles. The Bertz CT molecular complexity index is 975. The number of benzene rings is 2. The Kier molecular flexibility index (Phi) is 4.18. The van der Waals surface area contributed by atoms with Gasteiger partial charge < -0.3 is 0 Å². The first-order valence-corrected chi connectivity index (χ1v) is 7.23. The van der Waals surface area contributed by atoms with Crippen molar-refractivity contribution in [2.75, 3.05) is 0 Å². The van der Waals surface area contributed by atoms with Gasteiger partial charge in [-0.05, 0) is 22.9 Å². The number of nitriles is 1. The number of aromatic nitrogens is 1. The van der Waals surface area contributed by atoms with Crippen LogP contribution in [-0.4, -0.2) is 17.1 Å². The maximum Gasteiger partial charge on any atom is 0.254 e. The van der Waals surface area contributed by atoms with Gasteiger partial charge in [-0.15, -0.1) is 0 Å². The summed E-state index contributed by atoms with van der Waals surface area (Å²) in [6.45, 7) is 0. The van der Waals surface area contributed by atoms with Gasteiger partial charge in [0.1, 0.15) is 11.6 Å². The molecule has 112 valence electrons. The molecule has 0 bridgehead atoms. The molecule has 3 aromatic rings. The van der Waals surface area contributed by atoms with Crippen molar-refractivity contribution in [3.8, 4) is 6.07 Å². The molecular weight excluding hydrogens is 312 g/mol. The average Bonchev–Trinajstić information content (AvgIpc) is 2.55. The van der Waals surface area contributed by atoms with Crippen LogP contribution in [0.5, 0.6) is 0 Å². The van der Waals surface area contributed by atoms with Crippen molar-refractivity contribution in [2.24, 2.45) is 5.10 Å². The van der Waals surface area contributed by atoms with Gasteiger partial charge in [0.05, 0.1) is 17.8 Å². The van der Waals surface area contributed by atoms with Crippen LogP contribution in [0.2, 0.25) is 5.15 Å². The van der Waals surface area contributed by atoms with Crippen molar-refractivity contribution < 1.29 is 4.79 Å². The zero-order valence-electron chi connectivity index (χ0n) is 12.0. The second-order valence-corrected chi connectivity index (χ2v) is 5.21. The lowest BCUT2D eigenvalue weighted by molar-refractivity contribution is -0.120. The maximum absolute atomic E-state index is 11.2. The summed E-state index contributed by atoms with van der Waals surface area (Å²) in [5.41, 5.74) is 3.65. The first kappa shape index (κ1) is 14.9. The molecule has 5 nitrogen and oxygen atoms in total. The average molecular weight is 323 g/mol. The molecule has 1 heterocycles. The minimum atomic E-state index is -0.473. The quantitative estimate of drug-likeness (QED) is 0.347.